The van der Waals surface area contributed by atoms with Crippen molar-refractivity contribution >= 4 is 62.1 Å². The molecule has 0 amide bonds. The molecule has 0 unspecified atom stereocenters. The molecule has 2 aromatic heterocycles. The molecular formula is C13H14BrCl2N3S. The van der Waals surface area contributed by atoms with Crippen molar-refractivity contribution in [2.45, 2.75) is 19.9 Å². The van der Waals surface area contributed by atoms with Crippen molar-refractivity contribution in [1.29, 1.82) is 0 Å². The summed E-state index contributed by atoms with van der Waals surface area (Å²) in [5.41, 5.74) is 0. The predicted octanol–water partition coefficient (Wildman–Crippen LogP) is 5.65. The number of nitrogens with zero attached hydrogens (tertiary/aromatic N) is 1. The molecule has 20 heavy (non-hydrogen) atoms. The zero-order chi connectivity index (χ0) is 14.5. The minimum Gasteiger partial charge on any atom is -0.369 e. The Morgan fingerprint density at radius 1 is 1.25 bits per heavy atom. The number of anilines is 2. The number of hydrogen-bond acceptors (Lipinski definition) is 4. The topological polar surface area (TPSA) is 37.0 Å². The summed E-state index contributed by atoms with van der Waals surface area (Å²) in [7, 11) is 0. The van der Waals surface area contributed by atoms with Crippen LogP contribution in [0.25, 0.3) is 0 Å². The Morgan fingerprint density at radius 2 is 1.95 bits per heavy atom. The lowest BCUT2D eigenvalue weighted by Crippen LogP contribution is -2.06. The summed E-state index contributed by atoms with van der Waals surface area (Å²) in [4.78, 5) is 5.64. The molecule has 108 valence electrons. The third-order valence-electron chi connectivity index (χ3n) is 2.58. The van der Waals surface area contributed by atoms with Gasteiger partial charge in [-0.05, 0) is 39.9 Å². The Morgan fingerprint density at radius 3 is 2.55 bits per heavy atom. The average molecular weight is 395 g/mol. The number of nitrogens with one attached hydrogen (secondary N) is 2. The minimum absolute atomic E-state index is 0.518. The summed E-state index contributed by atoms with van der Waals surface area (Å²) in [5, 5.41) is 9.51. The quantitative estimate of drug-likeness (QED) is 0.664. The number of aromatic nitrogens is 1. The van der Waals surface area contributed by atoms with Crippen LogP contribution in [0.4, 0.5) is 11.6 Å². The van der Waals surface area contributed by atoms with Crippen LogP contribution in [0.15, 0.2) is 22.0 Å². The number of thiophene rings is 1. The third kappa shape index (κ3) is 4.01. The first-order chi connectivity index (χ1) is 9.61. The molecule has 2 heterocycles. The third-order valence-corrected chi connectivity index (χ3v) is 5.08. The van der Waals surface area contributed by atoms with Gasteiger partial charge in [0.2, 0.25) is 0 Å². The van der Waals surface area contributed by atoms with E-state index in [1.165, 1.54) is 4.88 Å². The maximum atomic E-state index is 6.17. The Hall–Kier alpha value is -0.490. The lowest BCUT2D eigenvalue weighted by Gasteiger charge is -2.12. The molecule has 0 aliphatic carbocycles. The fraction of sp³-hybridized carbons (Fsp3) is 0.308. The van der Waals surface area contributed by atoms with E-state index in [1.807, 2.05) is 11.4 Å². The molecule has 0 spiro atoms. The van der Waals surface area contributed by atoms with Gasteiger partial charge in [-0.15, -0.1) is 11.3 Å². The summed E-state index contributed by atoms with van der Waals surface area (Å²) in [6.45, 7) is 3.58. The van der Waals surface area contributed by atoms with Gasteiger partial charge in [0.1, 0.15) is 11.6 Å². The molecule has 0 bridgehead atoms. The van der Waals surface area contributed by atoms with Gasteiger partial charge in [-0.1, -0.05) is 30.1 Å². The van der Waals surface area contributed by atoms with Crippen LogP contribution in [0.5, 0.6) is 0 Å². The summed E-state index contributed by atoms with van der Waals surface area (Å²) in [6, 6.07) is 3.73. The van der Waals surface area contributed by atoms with Gasteiger partial charge in [0.25, 0.3) is 0 Å². The van der Waals surface area contributed by atoms with E-state index in [9.17, 15) is 0 Å². The second-order valence-electron chi connectivity index (χ2n) is 4.12. The minimum atomic E-state index is 0.518. The van der Waals surface area contributed by atoms with E-state index in [-0.39, 0.29) is 0 Å². The molecule has 3 nitrogen and oxygen atoms in total. The molecule has 0 atom stereocenters. The van der Waals surface area contributed by atoms with Crippen molar-refractivity contribution in [1.82, 2.24) is 4.98 Å². The summed E-state index contributed by atoms with van der Waals surface area (Å²) >= 11 is 17.5. The Balaban J connectivity index is 2.12. The van der Waals surface area contributed by atoms with Crippen LogP contribution in [0, 0.1) is 0 Å². The molecule has 2 aromatic rings. The largest absolute Gasteiger partial charge is 0.369 e. The highest BCUT2D eigenvalue weighted by molar-refractivity contribution is 9.10. The van der Waals surface area contributed by atoms with Crippen LogP contribution in [0.2, 0.25) is 10.0 Å². The van der Waals surface area contributed by atoms with Crippen molar-refractivity contribution in [2.75, 3.05) is 17.2 Å². The summed E-state index contributed by atoms with van der Waals surface area (Å²) in [5.74, 6) is 1.29. The van der Waals surface area contributed by atoms with Crippen LogP contribution < -0.4 is 10.6 Å². The van der Waals surface area contributed by atoms with Crippen molar-refractivity contribution in [3.05, 3.63) is 36.9 Å². The summed E-state index contributed by atoms with van der Waals surface area (Å²) < 4.78 is 1.09. The van der Waals surface area contributed by atoms with Gasteiger partial charge in [0, 0.05) is 15.9 Å². The van der Waals surface area contributed by atoms with E-state index in [0.717, 1.165) is 17.4 Å². The molecule has 0 aromatic carbocycles. The van der Waals surface area contributed by atoms with Crippen LogP contribution in [0.1, 0.15) is 18.2 Å². The number of hydrogen-bond donors (Lipinski definition) is 2. The monoisotopic (exact) mass is 393 g/mol. The zero-order valence-electron chi connectivity index (χ0n) is 10.8. The highest BCUT2D eigenvalue weighted by Crippen LogP contribution is 2.30. The van der Waals surface area contributed by atoms with Crippen LogP contribution in [-0.2, 0) is 6.54 Å². The first-order valence-corrected chi connectivity index (χ1v) is 8.60. The lowest BCUT2D eigenvalue weighted by atomic mass is 10.4. The van der Waals surface area contributed by atoms with Gasteiger partial charge in [0.05, 0.1) is 16.6 Å². The van der Waals surface area contributed by atoms with E-state index in [4.69, 9.17) is 23.2 Å². The van der Waals surface area contributed by atoms with E-state index in [1.54, 1.807) is 17.4 Å². The van der Waals surface area contributed by atoms with E-state index in [0.29, 0.717) is 28.2 Å². The highest BCUT2D eigenvalue weighted by atomic mass is 79.9. The molecule has 0 aliphatic heterocycles. The Kier molecular flexibility index (Phi) is 5.96. The Bertz CT molecular complexity index is 589. The molecule has 2 rings (SSSR count). The molecule has 7 heteroatoms. The van der Waals surface area contributed by atoms with E-state index in [2.05, 4.69) is 38.5 Å². The summed E-state index contributed by atoms with van der Waals surface area (Å²) in [6.07, 6.45) is 1.01. The van der Waals surface area contributed by atoms with Crippen LogP contribution >= 0.6 is 50.5 Å². The number of pyridine rings is 1. The fourth-order valence-electron chi connectivity index (χ4n) is 1.57. The van der Waals surface area contributed by atoms with Crippen molar-refractivity contribution in [3.8, 4) is 0 Å². The maximum absolute atomic E-state index is 6.17. The predicted molar refractivity (Wildman–Crippen MR) is 92.4 cm³/mol. The molecule has 0 saturated heterocycles. The first kappa shape index (κ1) is 15.9. The number of halogens is 3. The van der Waals surface area contributed by atoms with E-state index >= 15 is 0 Å². The van der Waals surface area contributed by atoms with Gasteiger partial charge in [-0.25, -0.2) is 4.98 Å². The zero-order valence-corrected chi connectivity index (χ0v) is 14.8. The number of rotatable bonds is 6. The van der Waals surface area contributed by atoms with Gasteiger partial charge in [0.15, 0.2) is 0 Å². The van der Waals surface area contributed by atoms with Crippen molar-refractivity contribution < 1.29 is 0 Å². The first-order valence-electron chi connectivity index (χ1n) is 6.17. The Labute approximate surface area is 140 Å². The van der Waals surface area contributed by atoms with Crippen molar-refractivity contribution in [2.24, 2.45) is 0 Å². The van der Waals surface area contributed by atoms with Crippen LogP contribution in [0.3, 0.4) is 0 Å². The van der Waals surface area contributed by atoms with Gasteiger partial charge in [-0.2, -0.15) is 0 Å². The smallest absolute Gasteiger partial charge is 0.147 e. The molecule has 0 fully saturated rings. The maximum Gasteiger partial charge on any atom is 0.147 e. The van der Waals surface area contributed by atoms with Crippen molar-refractivity contribution in [3.63, 3.8) is 0 Å². The molecule has 2 N–H and O–H groups in total. The second kappa shape index (κ2) is 7.50. The molecule has 0 aliphatic rings. The SMILES string of the molecule is CCCNc1nc(NCc2sccc2Br)c(Cl)cc1Cl. The molecular weight excluding hydrogens is 381 g/mol. The molecule has 0 radical (unpaired) electrons. The second-order valence-corrected chi connectivity index (χ2v) is 6.79. The van der Waals surface area contributed by atoms with E-state index < -0.39 is 0 Å². The van der Waals surface area contributed by atoms with Gasteiger partial charge < -0.3 is 10.6 Å². The average Bonchev–Trinajstić information content (AvgIpc) is 2.82. The lowest BCUT2D eigenvalue weighted by molar-refractivity contribution is 0.968. The normalized spacial score (nSPS) is 10.6. The fourth-order valence-corrected chi connectivity index (χ4v) is 3.50. The van der Waals surface area contributed by atoms with Crippen LogP contribution in [-0.4, -0.2) is 11.5 Å². The van der Waals surface area contributed by atoms with Gasteiger partial charge >= 0.3 is 0 Å². The van der Waals surface area contributed by atoms with Gasteiger partial charge in [-0.3, -0.25) is 0 Å². The highest BCUT2D eigenvalue weighted by Gasteiger charge is 2.10. The molecule has 0 saturated carbocycles. The standard InChI is InChI=1S/C13H14BrCl2N3S/c1-2-4-17-12-9(15)6-10(16)13(19-12)18-7-11-8(14)3-5-20-11/h3,5-6H,2,4,7H2,1H3,(H2,17,18,19).